The molecule has 0 fully saturated rings. The fourth-order valence-corrected chi connectivity index (χ4v) is 1.74. The molecule has 0 bridgehead atoms. The smallest absolute Gasteiger partial charge is 0.132 e. The van der Waals surface area contributed by atoms with E-state index in [0.29, 0.717) is 27.9 Å². The van der Waals surface area contributed by atoms with Gasteiger partial charge in [-0.25, -0.2) is 9.97 Å². The third-order valence-electron chi connectivity index (χ3n) is 2.55. The molecule has 0 unspecified atom stereocenters. The van der Waals surface area contributed by atoms with Crippen LogP contribution in [0.25, 0.3) is 11.1 Å². The second kappa shape index (κ2) is 6.00. The van der Waals surface area contributed by atoms with E-state index in [0.717, 1.165) is 5.56 Å². The summed E-state index contributed by atoms with van der Waals surface area (Å²) in [5.74, 6) is 1.18. The molecule has 0 aromatic carbocycles. The Morgan fingerprint density at radius 2 is 2.05 bits per heavy atom. The Bertz CT molecular complexity index is 699. The predicted octanol–water partition coefficient (Wildman–Crippen LogP) is 3.94. The Labute approximate surface area is 122 Å². The highest BCUT2D eigenvalue weighted by atomic mass is 35.5. The van der Waals surface area contributed by atoms with Crippen molar-refractivity contribution in [3.05, 3.63) is 60.4 Å². The van der Waals surface area contributed by atoms with Crippen molar-refractivity contribution in [3.8, 4) is 6.07 Å². The summed E-state index contributed by atoms with van der Waals surface area (Å²) in [6, 6.07) is 9.03. The lowest BCUT2D eigenvalue weighted by molar-refractivity contribution is 1.22. The molecule has 0 aliphatic heterocycles. The Balaban J connectivity index is 2.29. The molecule has 0 spiro atoms. The first-order chi connectivity index (χ1) is 9.63. The average molecular weight is 283 g/mol. The quantitative estimate of drug-likeness (QED) is 0.922. The van der Waals surface area contributed by atoms with Crippen molar-refractivity contribution in [2.45, 2.75) is 0 Å². The van der Waals surface area contributed by atoms with Gasteiger partial charge >= 0.3 is 0 Å². The van der Waals surface area contributed by atoms with Gasteiger partial charge in [-0.05, 0) is 24.3 Å². The highest BCUT2D eigenvalue weighted by Gasteiger charge is 2.06. The van der Waals surface area contributed by atoms with E-state index in [-0.39, 0.29) is 0 Å². The number of aromatic nitrogens is 2. The van der Waals surface area contributed by atoms with E-state index in [2.05, 4.69) is 28.4 Å². The number of nitrogens with zero attached hydrogens (tertiary/aromatic N) is 3. The van der Waals surface area contributed by atoms with Crippen molar-refractivity contribution in [1.29, 1.82) is 5.26 Å². The van der Waals surface area contributed by atoms with Gasteiger partial charge < -0.3 is 5.32 Å². The topological polar surface area (TPSA) is 61.6 Å². The number of hydrogen-bond acceptors (Lipinski definition) is 4. The van der Waals surface area contributed by atoms with E-state index >= 15 is 0 Å². The van der Waals surface area contributed by atoms with Crippen LogP contribution in [0.4, 0.5) is 11.6 Å². The normalized spacial score (nSPS) is 9.60. The van der Waals surface area contributed by atoms with Gasteiger partial charge in [0.15, 0.2) is 0 Å². The summed E-state index contributed by atoms with van der Waals surface area (Å²) >= 11 is 5.92. The molecule has 2 heterocycles. The van der Waals surface area contributed by atoms with Crippen LogP contribution in [0.15, 0.2) is 43.6 Å². The number of nitriles is 1. The third kappa shape index (κ3) is 3.02. The van der Waals surface area contributed by atoms with Gasteiger partial charge in [-0.3, -0.25) is 0 Å². The molecule has 5 heteroatoms. The van der Waals surface area contributed by atoms with Gasteiger partial charge in [-0.2, -0.15) is 5.26 Å². The lowest BCUT2D eigenvalue weighted by Crippen LogP contribution is -1.99. The monoisotopic (exact) mass is 282 g/mol. The first kappa shape index (κ1) is 13.8. The van der Waals surface area contributed by atoms with E-state index in [1.165, 1.54) is 6.20 Å². The molecule has 2 aromatic rings. The predicted molar refractivity (Wildman–Crippen MR) is 81.4 cm³/mol. The number of hydrogen-bond donors (Lipinski definition) is 1. The number of pyridine rings is 2. The van der Waals surface area contributed by atoms with Crippen LogP contribution in [0.1, 0.15) is 16.8 Å². The molecule has 1 N–H and O–H groups in total. The molecule has 0 saturated heterocycles. The van der Waals surface area contributed by atoms with Crippen LogP contribution in [-0.4, -0.2) is 9.97 Å². The molecule has 0 aliphatic carbocycles. The van der Waals surface area contributed by atoms with E-state index in [1.54, 1.807) is 24.3 Å². The summed E-state index contributed by atoms with van der Waals surface area (Å²) in [4.78, 5) is 8.47. The van der Waals surface area contributed by atoms with Crippen LogP contribution < -0.4 is 5.32 Å². The van der Waals surface area contributed by atoms with Gasteiger partial charge in [0, 0.05) is 11.8 Å². The molecule has 0 saturated carbocycles. The number of anilines is 2. The molecule has 0 radical (unpaired) electrons. The molecule has 0 amide bonds. The van der Waals surface area contributed by atoms with Crippen LogP contribution in [0, 0.1) is 11.3 Å². The minimum absolute atomic E-state index is 0.344. The maximum absolute atomic E-state index is 8.72. The zero-order chi connectivity index (χ0) is 14.5. The first-order valence-corrected chi connectivity index (χ1v) is 6.13. The van der Waals surface area contributed by atoms with Gasteiger partial charge in [-0.1, -0.05) is 30.8 Å². The second-order valence-electron chi connectivity index (χ2n) is 3.91. The van der Waals surface area contributed by atoms with Crippen molar-refractivity contribution < 1.29 is 0 Å². The minimum atomic E-state index is 0.344. The van der Waals surface area contributed by atoms with Crippen LogP contribution in [0.3, 0.4) is 0 Å². The van der Waals surface area contributed by atoms with Gasteiger partial charge in [0.05, 0.1) is 16.3 Å². The zero-order valence-electron chi connectivity index (χ0n) is 10.6. The summed E-state index contributed by atoms with van der Waals surface area (Å²) in [6.07, 6.45) is 3.15. The highest BCUT2D eigenvalue weighted by molar-refractivity contribution is 6.48. The van der Waals surface area contributed by atoms with Crippen molar-refractivity contribution in [1.82, 2.24) is 9.97 Å². The second-order valence-corrected chi connectivity index (χ2v) is 4.37. The number of rotatable bonds is 4. The third-order valence-corrected chi connectivity index (χ3v) is 2.73. The maximum atomic E-state index is 8.72. The lowest BCUT2D eigenvalue weighted by Gasteiger charge is -2.08. The Morgan fingerprint density at radius 1 is 1.30 bits per heavy atom. The lowest BCUT2D eigenvalue weighted by atomic mass is 10.2. The largest absolute Gasteiger partial charge is 0.325 e. The van der Waals surface area contributed by atoms with Crippen molar-refractivity contribution in [3.63, 3.8) is 0 Å². The molecule has 0 aliphatic rings. The van der Waals surface area contributed by atoms with E-state index in [1.807, 2.05) is 12.1 Å². The Morgan fingerprint density at radius 3 is 2.60 bits per heavy atom. The van der Waals surface area contributed by atoms with Crippen molar-refractivity contribution in [2.24, 2.45) is 0 Å². The van der Waals surface area contributed by atoms with Gasteiger partial charge in [-0.15, -0.1) is 0 Å². The SMILES string of the molecule is C=Cc1ccc(Nc2ccc(C#N)cn2)nc1C(=C)Cl. The summed E-state index contributed by atoms with van der Waals surface area (Å²) in [7, 11) is 0. The van der Waals surface area contributed by atoms with Gasteiger partial charge in [0.2, 0.25) is 0 Å². The number of nitrogens with one attached hydrogen (secondary N) is 1. The van der Waals surface area contributed by atoms with E-state index in [4.69, 9.17) is 16.9 Å². The summed E-state index contributed by atoms with van der Waals surface area (Å²) in [6.45, 7) is 7.38. The molecule has 2 rings (SSSR count). The summed E-state index contributed by atoms with van der Waals surface area (Å²) in [5.41, 5.74) is 1.88. The van der Waals surface area contributed by atoms with Gasteiger partial charge in [0.25, 0.3) is 0 Å². The molecule has 98 valence electrons. The Hall–Kier alpha value is -2.64. The first-order valence-electron chi connectivity index (χ1n) is 5.75. The fourth-order valence-electron chi connectivity index (χ4n) is 1.59. The van der Waals surface area contributed by atoms with Crippen LogP contribution in [0.2, 0.25) is 0 Å². The Kier molecular flexibility index (Phi) is 4.14. The fraction of sp³-hybridized carbons (Fsp3) is 0. The van der Waals surface area contributed by atoms with Crippen LogP contribution in [-0.2, 0) is 0 Å². The van der Waals surface area contributed by atoms with Crippen LogP contribution in [0.5, 0.6) is 0 Å². The minimum Gasteiger partial charge on any atom is -0.325 e. The summed E-state index contributed by atoms with van der Waals surface area (Å²) < 4.78 is 0. The van der Waals surface area contributed by atoms with E-state index < -0.39 is 0 Å². The molecular weight excluding hydrogens is 272 g/mol. The standard InChI is InChI=1S/C15H11ClN4/c1-3-12-5-7-14(20-15(12)10(2)16)19-13-6-4-11(8-17)9-18-13/h3-7,9H,1-2H2,(H,18,19,20). The van der Waals surface area contributed by atoms with Crippen LogP contribution >= 0.6 is 11.6 Å². The molecule has 4 nitrogen and oxygen atoms in total. The van der Waals surface area contributed by atoms with Gasteiger partial charge in [0.1, 0.15) is 17.7 Å². The molecular formula is C15H11ClN4. The summed E-state index contributed by atoms with van der Waals surface area (Å²) in [5, 5.41) is 12.1. The zero-order valence-corrected chi connectivity index (χ0v) is 11.4. The maximum Gasteiger partial charge on any atom is 0.132 e. The van der Waals surface area contributed by atoms with Crippen molar-refractivity contribution in [2.75, 3.05) is 5.32 Å². The average Bonchev–Trinajstić information content (AvgIpc) is 2.48. The van der Waals surface area contributed by atoms with Crippen molar-refractivity contribution >= 4 is 34.3 Å². The highest BCUT2D eigenvalue weighted by Crippen LogP contribution is 2.23. The number of halogens is 1. The molecule has 20 heavy (non-hydrogen) atoms. The molecule has 0 atom stereocenters. The molecule has 2 aromatic heterocycles. The van der Waals surface area contributed by atoms with E-state index in [9.17, 15) is 0 Å².